The highest BCUT2D eigenvalue weighted by Gasteiger charge is 2.21. The van der Waals surface area contributed by atoms with Gasteiger partial charge in [0.15, 0.2) is 0 Å². The molecule has 21 heavy (non-hydrogen) atoms. The molecule has 2 unspecified atom stereocenters. The lowest BCUT2D eigenvalue weighted by Crippen LogP contribution is -2.45. The molecule has 114 valence electrons. The highest BCUT2D eigenvalue weighted by Crippen LogP contribution is 2.15. The van der Waals surface area contributed by atoms with E-state index in [1.807, 2.05) is 12.4 Å². The molecule has 0 radical (unpaired) electrons. The number of aryl methyl sites for hydroxylation is 1. The van der Waals surface area contributed by atoms with E-state index in [2.05, 4.69) is 51.9 Å². The largest absolute Gasteiger partial charge is 0.331 e. The first kappa shape index (κ1) is 14.5. The van der Waals surface area contributed by atoms with Crippen molar-refractivity contribution in [1.82, 2.24) is 19.8 Å². The molecule has 0 saturated carbocycles. The van der Waals surface area contributed by atoms with E-state index in [0.29, 0.717) is 12.1 Å². The van der Waals surface area contributed by atoms with Gasteiger partial charge >= 0.3 is 0 Å². The number of hydrogen-bond donors (Lipinski definition) is 1. The molecule has 1 fully saturated rings. The van der Waals surface area contributed by atoms with Gasteiger partial charge in [-0.05, 0) is 58.5 Å². The van der Waals surface area contributed by atoms with Crippen LogP contribution in [0.25, 0.3) is 11.0 Å². The van der Waals surface area contributed by atoms with Crippen LogP contribution in [0.15, 0.2) is 30.6 Å². The second kappa shape index (κ2) is 6.58. The summed E-state index contributed by atoms with van der Waals surface area (Å²) in [6, 6.07) is 9.74. The molecule has 1 aliphatic rings. The van der Waals surface area contributed by atoms with Crippen molar-refractivity contribution in [2.24, 2.45) is 0 Å². The molecular weight excluding hydrogens is 260 g/mol. The monoisotopic (exact) mass is 286 g/mol. The lowest BCUT2D eigenvalue weighted by molar-refractivity contribution is 0.168. The van der Waals surface area contributed by atoms with Gasteiger partial charge in [0, 0.05) is 18.6 Å². The van der Waals surface area contributed by atoms with Crippen molar-refractivity contribution in [2.75, 3.05) is 20.1 Å². The maximum atomic E-state index is 4.44. The predicted molar refractivity (Wildman–Crippen MR) is 87.5 cm³/mol. The zero-order chi connectivity index (χ0) is 14.7. The number of aromatic nitrogens is 2. The number of rotatable bonds is 5. The van der Waals surface area contributed by atoms with Crippen LogP contribution >= 0.6 is 0 Å². The van der Waals surface area contributed by atoms with E-state index in [1.165, 1.54) is 24.9 Å². The van der Waals surface area contributed by atoms with E-state index in [-0.39, 0.29) is 0 Å². The molecule has 0 aliphatic carbocycles. The van der Waals surface area contributed by atoms with E-state index < -0.39 is 0 Å². The molecule has 0 spiro atoms. The number of hydrogen-bond acceptors (Lipinski definition) is 3. The van der Waals surface area contributed by atoms with Crippen LogP contribution in [0, 0.1) is 0 Å². The number of nitrogens with one attached hydrogen (secondary N) is 1. The highest BCUT2D eigenvalue weighted by molar-refractivity contribution is 5.74. The van der Waals surface area contributed by atoms with Gasteiger partial charge in [-0.2, -0.15) is 0 Å². The predicted octanol–water partition coefficient (Wildman–Crippen LogP) is 2.50. The number of imidazole rings is 1. The number of likely N-dealkylation sites (tertiary alicyclic amines) is 1. The molecular formula is C17H26N4. The van der Waals surface area contributed by atoms with E-state index in [1.54, 1.807) is 0 Å². The van der Waals surface area contributed by atoms with Crippen molar-refractivity contribution in [1.29, 1.82) is 0 Å². The van der Waals surface area contributed by atoms with Crippen LogP contribution in [0.3, 0.4) is 0 Å². The Balaban J connectivity index is 1.44. The van der Waals surface area contributed by atoms with Crippen molar-refractivity contribution in [3.63, 3.8) is 0 Å². The lowest BCUT2D eigenvalue weighted by Gasteiger charge is -2.35. The summed E-state index contributed by atoms with van der Waals surface area (Å²) in [5.41, 5.74) is 2.33. The standard InChI is InChI=1S/C17H26N4/c1-14-12-15(8-11-20(14)2)18-9-5-10-21-13-19-16-6-3-4-7-17(16)21/h3-4,6-7,13-15,18H,5,8-12H2,1-2H3. The van der Waals surface area contributed by atoms with Crippen molar-refractivity contribution in [3.8, 4) is 0 Å². The van der Waals surface area contributed by atoms with Gasteiger partial charge in [-0.1, -0.05) is 12.1 Å². The van der Waals surface area contributed by atoms with E-state index in [9.17, 15) is 0 Å². The number of fused-ring (bicyclic) bond motifs is 1. The molecule has 1 N–H and O–H groups in total. The molecule has 2 heterocycles. The average Bonchev–Trinajstić information content (AvgIpc) is 2.91. The van der Waals surface area contributed by atoms with Crippen LogP contribution in [-0.4, -0.2) is 46.7 Å². The smallest absolute Gasteiger partial charge is 0.0958 e. The quantitative estimate of drug-likeness (QED) is 0.857. The Bertz CT molecular complexity index is 577. The van der Waals surface area contributed by atoms with Gasteiger partial charge in [0.2, 0.25) is 0 Å². The van der Waals surface area contributed by atoms with Crippen molar-refractivity contribution in [3.05, 3.63) is 30.6 Å². The van der Waals surface area contributed by atoms with E-state index in [0.717, 1.165) is 25.0 Å². The van der Waals surface area contributed by atoms with E-state index in [4.69, 9.17) is 0 Å². The summed E-state index contributed by atoms with van der Waals surface area (Å²) < 4.78 is 2.26. The lowest BCUT2D eigenvalue weighted by atomic mass is 9.99. The third-order valence-electron chi connectivity index (χ3n) is 4.74. The molecule has 1 aliphatic heterocycles. The maximum absolute atomic E-state index is 4.44. The Morgan fingerprint density at radius 1 is 1.33 bits per heavy atom. The third kappa shape index (κ3) is 3.44. The Morgan fingerprint density at radius 3 is 3.05 bits per heavy atom. The minimum Gasteiger partial charge on any atom is -0.331 e. The van der Waals surface area contributed by atoms with Crippen LogP contribution in [0.5, 0.6) is 0 Å². The average molecular weight is 286 g/mol. The van der Waals surface area contributed by atoms with Crippen LogP contribution in [-0.2, 0) is 6.54 Å². The van der Waals surface area contributed by atoms with Gasteiger partial charge in [0.1, 0.15) is 0 Å². The summed E-state index contributed by atoms with van der Waals surface area (Å²) in [5, 5.41) is 3.72. The zero-order valence-electron chi connectivity index (χ0n) is 13.1. The summed E-state index contributed by atoms with van der Waals surface area (Å²) in [6.07, 6.45) is 5.66. The minimum absolute atomic E-state index is 0.690. The Morgan fingerprint density at radius 2 is 2.19 bits per heavy atom. The molecule has 2 aromatic rings. The minimum atomic E-state index is 0.690. The van der Waals surface area contributed by atoms with Crippen LogP contribution < -0.4 is 5.32 Å². The normalized spacial score (nSPS) is 23.7. The van der Waals surface area contributed by atoms with Crippen molar-refractivity contribution < 1.29 is 0 Å². The topological polar surface area (TPSA) is 33.1 Å². The van der Waals surface area contributed by atoms with Crippen LogP contribution in [0.1, 0.15) is 26.2 Å². The third-order valence-corrected chi connectivity index (χ3v) is 4.74. The summed E-state index contributed by atoms with van der Waals surface area (Å²) in [5.74, 6) is 0. The zero-order valence-corrected chi connectivity index (χ0v) is 13.1. The number of nitrogens with zero attached hydrogens (tertiary/aromatic N) is 3. The molecule has 1 saturated heterocycles. The van der Waals surface area contributed by atoms with Gasteiger partial charge in [0.25, 0.3) is 0 Å². The second-order valence-electron chi connectivity index (χ2n) is 6.29. The number of piperidine rings is 1. The fraction of sp³-hybridized carbons (Fsp3) is 0.588. The molecule has 0 amide bonds. The molecule has 0 bridgehead atoms. The summed E-state index contributed by atoms with van der Waals surface area (Å²) in [4.78, 5) is 6.90. The molecule has 3 rings (SSSR count). The first-order valence-corrected chi connectivity index (χ1v) is 8.07. The summed E-state index contributed by atoms with van der Waals surface area (Å²) >= 11 is 0. The number of benzene rings is 1. The molecule has 4 heteroatoms. The summed E-state index contributed by atoms with van der Waals surface area (Å²) in [7, 11) is 2.23. The highest BCUT2D eigenvalue weighted by atomic mass is 15.1. The van der Waals surface area contributed by atoms with Gasteiger partial charge in [-0.3, -0.25) is 0 Å². The van der Waals surface area contributed by atoms with Crippen molar-refractivity contribution in [2.45, 2.75) is 44.8 Å². The van der Waals surface area contributed by atoms with Gasteiger partial charge in [-0.15, -0.1) is 0 Å². The van der Waals surface area contributed by atoms with Gasteiger partial charge in [-0.25, -0.2) is 4.98 Å². The number of para-hydroxylation sites is 2. The van der Waals surface area contributed by atoms with Crippen LogP contribution in [0.2, 0.25) is 0 Å². The SMILES string of the molecule is CC1CC(NCCCn2cnc3ccccc32)CCN1C. The molecule has 1 aromatic heterocycles. The van der Waals surface area contributed by atoms with Gasteiger partial charge in [0.05, 0.1) is 17.4 Å². The first-order valence-electron chi connectivity index (χ1n) is 8.07. The Labute approximate surface area is 127 Å². The Kier molecular flexibility index (Phi) is 4.56. The van der Waals surface area contributed by atoms with Crippen LogP contribution in [0.4, 0.5) is 0 Å². The summed E-state index contributed by atoms with van der Waals surface area (Å²) in [6.45, 7) is 5.67. The van der Waals surface area contributed by atoms with Crippen molar-refractivity contribution >= 4 is 11.0 Å². The second-order valence-corrected chi connectivity index (χ2v) is 6.29. The fourth-order valence-corrected chi connectivity index (χ4v) is 3.22. The first-order chi connectivity index (χ1) is 10.2. The molecule has 4 nitrogen and oxygen atoms in total. The van der Waals surface area contributed by atoms with Gasteiger partial charge < -0.3 is 14.8 Å². The molecule has 1 aromatic carbocycles. The molecule has 2 atom stereocenters. The van der Waals surface area contributed by atoms with E-state index >= 15 is 0 Å². The Hall–Kier alpha value is -1.39. The fourth-order valence-electron chi connectivity index (χ4n) is 3.22. The maximum Gasteiger partial charge on any atom is 0.0958 e.